The third-order valence-corrected chi connectivity index (χ3v) is 3.55. The number of carbonyl (C=O) groups excluding carboxylic acids is 1. The van der Waals surface area contributed by atoms with Crippen LogP contribution >= 0.6 is 0 Å². The highest BCUT2D eigenvalue weighted by atomic mass is 16.1. The van der Waals surface area contributed by atoms with Crippen LogP contribution in [0.5, 0.6) is 0 Å². The van der Waals surface area contributed by atoms with Crippen LogP contribution < -0.4 is 16.0 Å². The maximum Gasteiger partial charge on any atom is 0.241 e. The molecule has 0 bridgehead atoms. The van der Waals surface area contributed by atoms with Crippen LogP contribution in [0.1, 0.15) is 39.2 Å². The lowest BCUT2D eigenvalue weighted by Crippen LogP contribution is -2.39. The summed E-state index contributed by atoms with van der Waals surface area (Å²) in [4.78, 5) is 16.2. The fourth-order valence-corrected chi connectivity index (χ4v) is 2.26. The maximum atomic E-state index is 11.9. The fraction of sp³-hybridized carbons (Fsp3) is 0.579. The Labute approximate surface area is 146 Å². The van der Waals surface area contributed by atoms with Crippen molar-refractivity contribution in [2.45, 2.75) is 40.0 Å². The number of hydrogen-bond acceptors (Lipinski definition) is 2. The molecule has 0 aromatic heterocycles. The van der Waals surface area contributed by atoms with Crippen LogP contribution in [0.4, 0.5) is 0 Å². The van der Waals surface area contributed by atoms with E-state index in [0.29, 0.717) is 18.4 Å². The third kappa shape index (κ3) is 9.87. The van der Waals surface area contributed by atoms with Gasteiger partial charge < -0.3 is 16.0 Å². The second-order valence-corrected chi connectivity index (χ2v) is 6.24. The van der Waals surface area contributed by atoms with E-state index in [9.17, 15) is 4.79 Å². The van der Waals surface area contributed by atoms with Gasteiger partial charge in [-0.05, 0) is 37.7 Å². The van der Waals surface area contributed by atoms with Gasteiger partial charge >= 0.3 is 0 Å². The SMILES string of the molecule is CCNC(=NCC(=O)NCCc1ccccc1)NCCCC(C)C. The molecule has 0 atom stereocenters. The molecule has 0 fully saturated rings. The molecule has 0 aliphatic carbocycles. The molecule has 0 heterocycles. The zero-order valence-corrected chi connectivity index (χ0v) is 15.3. The summed E-state index contributed by atoms with van der Waals surface area (Å²) in [6.45, 7) is 8.90. The normalized spacial score (nSPS) is 11.4. The van der Waals surface area contributed by atoms with Gasteiger partial charge in [0.05, 0.1) is 0 Å². The molecular formula is C19H32N4O. The summed E-state index contributed by atoms with van der Waals surface area (Å²) in [6, 6.07) is 10.1. The number of carbonyl (C=O) groups is 1. The fourth-order valence-electron chi connectivity index (χ4n) is 2.26. The lowest BCUT2D eigenvalue weighted by atomic mass is 10.1. The van der Waals surface area contributed by atoms with Crippen molar-refractivity contribution in [2.24, 2.45) is 10.9 Å². The molecule has 0 saturated carbocycles. The number of nitrogens with one attached hydrogen (secondary N) is 3. The summed E-state index contributed by atoms with van der Waals surface area (Å²) in [5.74, 6) is 1.37. The predicted octanol–water partition coefficient (Wildman–Crippen LogP) is 2.34. The van der Waals surface area contributed by atoms with Crippen LogP contribution in [0, 0.1) is 5.92 Å². The Morgan fingerprint density at radius 2 is 1.83 bits per heavy atom. The molecule has 0 saturated heterocycles. The molecule has 1 aromatic rings. The number of aliphatic imine (C=N–C) groups is 1. The molecule has 5 nitrogen and oxygen atoms in total. The molecule has 5 heteroatoms. The van der Waals surface area contributed by atoms with Crippen molar-refractivity contribution in [1.29, 1.82) is 0 Å². The van der Waals surface area contributed by atoms with Gasteiger partial charge in [-0.2, -0.15) is 0 Å². The second kappa shape index (κ2) is 12.4. The Hall–Kier alpha value is -2.04. The van der Waals surface area contributed by atoms with Gasteiger partial charge in [0, 0.05) is 19.6 Å². The van der Waals surface area contributed by atoms with Crippen LogP contribution in [0.2, 0.25) is 0 Å². The molecule has 0 aliphatic heterocycles. The van der Waals surface area contributed by atoms with Crippen molar-refractivity contribution in [1.82, 2.24) is 16.0 Å². The molecule has 0 spiro atoms. The van der Waals surface area contributed by atoms with Gasteiger partial charge in [0.15, 0.2) is 5.96 Å². The Kier molecular flexibility index (Phi) is 10.3. The summed E-state index contributed by atoms with van der Waals surface area (Å²) in [5, 5.41) is 9.35. The van der Waals surface area contributed by atoms with Gasteiger partial charge in [-0.1, -0.05) is 44.2 Å². The smallest absolute Gasteiger partial charge is 0.241 e. The minimum Gasteiger partial charge on any atom is -0.357 e. The minimum atomic E-state index is -0.0506. The highest BCUT2D eigenvalue weighted by Gasteiger charge is 2.02. The summed E-state index contributed by atoms with van der Waals surface area (Å²) in [7, 11) is 0. The van der Waals surface area contributed by atoms with Gasteiger partial charge in [-0.25, -0.2) is 4.99 Å². The first kappa shape index (κ1) is 20.0. The van der Waals surface area contributed by atoms with E-state index in [0.717, 1.165) is 25.9 Å². The zero-order valence-electron chi connectivity index (χ0n) is 15.3. The molecule has 134 valence electrons. The number of nitrogens with zero attached hydrogens (tertiary/aromatic N) is 1. The first-order valence-electron chi connectivity index (χ1n) is 8.94. The quantitative estimate of drug-likeness (QED) is 0.350. The lowest BCUT2D eigenvalue weighted by molar-refractivity contribution is -0.119. The number of guanidine groups is 1. The van der Waals surface area contributed by atoms with Crippen LogP contribution in [0.3, 0.4) is 0 Å². The van der Waals surface area contributed by atoms with Crippen molar-refractivity contribution in [3.05, 3.63) is 35.9 Å². The molecule has 1 rings (SSSR count). The average molecular weight is 332 g/mol. The Morgan fingerprint density at radius 1 is 1.08 bits per heavy atom. The van der Waals surface area contributed by atoms with E-state index >= 15 is 0 Å². The molecule has 1 aromatic carbocycles. The zero-order chi connectivity index (χ0) is 17.6. The highest BCUT2D eigenvalue weighted by Crippen LogP contribution is 2.01. The van der Waals surface area contributed by atoms with Gasteiger partial charge in [0.25, 0.3) is 0 Å². The number of hydrogen-bond donors (Lipinski definition) is 3. The van der Waals surface area contributed by atoms with E-state index in [1.165, 1.54) is 12.0 Å². The first-order valence-corrected chi connectivity index (χ1v) is 8.94. The van der Waals surface area contributed by atoms with E-state index in [1.807, 2.05) is 25.1 Å². The van der Waals surface area contributed by atoms with Crippen LogP contribution in [-0.4, -0.2) is 38.0 Å². The Bertz CT molecular complexity index is 485. The van der Waals surface area contributed by atoms with E-state index in [-0.39, 0.29) is 12.5 Å². The lowest BCUT2D eigenvalue weighted by Gasteiger charge is -2.12. The molecule has 3 N–H and O–H groups in total. The van der Waals surface area contributed by atoms with Gasteiger partial charge in [-0.15, -0.1) is 0 Å². The van der Waals surface area contributed by atoms with E-state index in [4.69, 9.17) is 0 Å². The van der Waals surface area contributed by atoms with Crippen molar-refractivity contribution >= 4 is 11.9 Å². The summed E-state index contributed by atoms with van der Waals surface area (Å²) in [5.41, 5.74) is 1.22. The van der Waals surface area contributed by atoms with Gasteiger partial charge in [-0.3, -0.25) is 4.79 Å². The molecule has 24 heavy (non-hydrogen) atoms. The van der Waals surface area contributed by atoms with Crippen molar-refractivity contribution < 1.29 is 4.79 Å². The molecular weight excluding hydrogens is 300 g/mol. The molecule has 0 radical (unpaired) electrons. The van der Waals surface area contributed by atoms with E-state index in [1.54, 1.807) is 0 Å². The number of rotatable bonds is 10. The van der Waals surface area contributed by atoms with Crippen LogP contribution in [0.15, 0.2) is 35.3 Å². The molecule has 0 unspecified atom stereocenters. The Morgan fingerprint density at radius 3 is 2.50 bits per heavy atom. The maximum absolute atomic E-state index is 11.9. The Balaban J connectivity index is 2.26. The monoisotopic (exact) mass is 332 g/mol. The third-order valence-electron chi connectivity index (χ3n) is 3.55. The standard InChI is InChI=1S/C19H32N4O/c1-4-20-19(22-13-8-9-16(2)3)23-15-18(24)21-14-12-17-10-6-5-7-11-17/h5-7,10-11,16H,4,8-9,12-15H2,1-3H3,(H,21,24)(H2,20,22,23). The number of benzene rings is 1. The summed E-state index contributed by atoms with van der Waals surface area (Å²) >= 11 is 0. The van der Waals surface area contributed by atoms with Crippen LogP contribution in [0.25, 0.3) is 0 Å². The van der Waals surface area contributed by atoms with Crippen LogP contribution in [-0.2, 0) is 11.2 Å². The molecule has 1 amide bonds. The largest absolute Gasteiger partial charge is 0.357 e. The second-order valence-electron chi connectivity index (χ2n) is 6.24. The van der Waals surface area contributed by atoms with Gasteiger partial charge in [0.2, 0.25) is 5.91 Å². The van der Waals surface area contributed by atoms with Crippen molar-refractivity contribution in [2.75, 3.05) is 26.2 Å². The molecule has 0 aliphatic rings. The van der Waals surface area contributed by atoms with E-state index in [2.05, 4.69) is 46.9 Å². The summed E-state index contributed by atoms with van der Waals surface area (Å²) < 4.78 is 0. The predicted molar refractivity (Wildman–Crippen MR) is 101 cm³/mol. The minimum absolute atomic E-state index is 0.0506. The average Bonchev–Trinajstić information content (AvgIpc) is 2.57. The number of amides is 1. The van der Waals surface area contributed by atoms with E-state index < -0.39 is 0 Å². The van der Waals surface area contributed by atoms with Crippen molar-refractivity contribution in [3.8, 4) is 0 Å². The first-order chi connectivity index (χ1) is 11.6. The topological polar surface area (TPSA) is 65.5 Å². The van der Waals surface area contributed by atoms with Crippen molar-refractivity contribution in [3.63, 3.8) is 0 Å². The summed E-state index contributed by atoms with van der Waals surface area (Å²) in [6.07, 6.45) is 3.13. The highest BCUT2D eigenvalue weighted by molar-refractivity contribution is 5.84. The van der Waals surface area contributed by atoms with Gasteiger partial charge in [0.1, 0.15) is 6.54 Å².